The Balaban J connectivity index is 1.77. The lowest BCUT2D eigenvalue weighted by Crippen LogP contribution is -2.30. The lowest BCUT2D eigenvalue weighted by Gasteiger charge is -2.29. The van der Waals surface area contributed by atoms with E-state index in [0.29, 0.717) is 5.02 Å². The Morgan fingerprint density at radius 3 is 2.90 bits per heavy atom. The first-order valence-corrected chi connectivity index (χ1v) is 7.04. The molecule has 2 nitrogen and oxygen atoms in total. The first-order chi connectivity index (χ1) is 9.63. The van der Waals surface area contributed by atoms with E-state index in [1.165, 1.54) is 23.3 Å². The van der Waals surface area contributed by atoms with Gasteiger partial charge in [0.15, 0.2) is 0 Å². The largest absolute Gasteiger partial charge is 0.398 e. The molecule has 0 aliphatic carbocycles. The van der Waals surface area contributed by atoms with Gasteiger partial charge >= 0.3 is 0 Å². The zero-order chi connectivity index (χ0) is 14.1. The summed E-state index contributed by atoms with van der Waals surface area (Å²) in [5.41, 5.74) is 10.4. The van der Waals surface area contributed by atoms with E-state index in [-0.39, 0.29) is 5.82 Å². The minimum Gasteiger partial charge on any atom is -0.398 e. The van der Waals surface area contributed by atoms with Gasteiger partial charge < -0.3 is 5.73 Å². The second kappa shape index (κ2) is 5.43. The average molecular weight is 291 g/mol. The minimum absolute atomic E-state index is 0.296. The molecule has 3 rings (SSSR count). The Labute approximate surface area is 123 Å². The average Bonchev–Trinajstić information content (AvgIpc) is 2.42. The molecule has 0 bridgehead atoms. The highest BCUT2D eigenvalue weighted by atomic mass is 35.5. The predicted molar refractivity (Wildman–Crippen MR) is 80.1 cm³/mol. The molecule has 0 radical (unpaired) electrons. The van der Waals surface area contributed by atoms with Gasteiger partial charge in [0.1, 0.15) is 5.82 Å². The maximum Gasteiger partial charge on any atom is 0.124 e. The molecule has 0 fully saturated rings. The van der Waals surface area contributed by atoms with E-state index in [4.69, 9.17) is 17.3 Å². The molecular formula is C16H16ClFN2. The summed E-state index contributed by atoms with van der Waals surface area (Å²) in [4.78, 5) is 2.31. The lowest BCUT2D eigenvalue weighted by molar-refractivity contribution is 0.246. The van der Waals surface area contributed by atoms with Crippen LogP contribution in [0.1, 0.15) is 16.7 Å². The Bertz CT molecular complexity index is 642. The molecule has 1 aliphatic heterocycles. The number of hydrogen-bond donors (Lipinski definition) is 1. The van der Waals surface area contributed by atoms with Gasteiger partial charge in [0.2, 0.25) is 0 Å². The highest BCUT2D eigenvalue weighted by Crippen LogP contribution is 2.26. The topological polar surface area (TPSA) is 29.3 Å². The molecule has 20 heavy (non-hydrogen) atoms. The molecule has 0 saturated carbocycles. The number of anilines is 1. The molecule has 0 saturated heterocycles. The van der Waals surface area contributed by atoms with Crippen LogP contribution in [-0.4, -0.2) is 11.4 Å². The predicted octanol–water partition coefficient (Wildman–Crippen LogP) is 3.62. The molecule has 0 aromatic heterocycles. The van der Waals surface area contributed by atoms with E-state index >= 15 is 0 Å². The van der Waals surface area contributed by atoms with Crippen molar-refractivity contribution >= 4 is 17.3 Å². The summed E-state index contributed by atoms with van der Waals surface area (Å²) in [6.07, 6.45) is 0.945. The van der Waals surface area contributed by atoms with Gasteiger partial charge in [0.25, 0.3) is 0 Å². The summed E-state index contributed by atoms with van der Waals surface area (Å²) < 4.78 is 13.1. The number of hydrogen-bond acceptors (Lipinski definition) is 2. The van der Waals surface area contributed by atoms with Crippen LogP contribution in [0.2, 0.25) is 5.02 Å². The number of rotatable bonds is 2. The van der Waals surface area contributed by atoms with E-state index in [1.54, 1.807) is 6.07 Å². The van der Waals surface area contributed by atoms with Crippen molar-refractivity contribution < 1.29 is 4.39 Å². The second-order valence-electron chi connectivity index (χ2n) is 5.18. The SMILES string of the molecule is Nc1cccc2c1CCN(Cc1ccc(F)cc1Cl)C2. The van der Waals surface area contributed by atoms with Crippen molar-refractivity contribution in [1.82, 2.24) is 4.90 Å². The molecule has 0 spiro atoms. The number of benzene rings is 2. The number of halogens is 2. The Hall–Kier alpha value is -1.58. The minimum atomic E-state index is -0.296. The van der Waals surface area contributed by atoms with Gasteiger partial charge in [-0.2, -0.15) is 0 Å². The molecule has 1 heterocycles. The fourth-order valence-corrected chi connectivity index (χ4v) is 2.95. The van der Waals surface area contributed by atoms with Gasteiger partial charge in [-0.25, -0.2) is 4.39 Å². The number of fused-ring (bicyclic) bond motifs is 1. The van der Waals surface area contributed by atoms with Gasteiger partial charge in [-0.15, -0.1) is 0 Å². The van der Waals surface area contributed by atoms with Gasteiger partial charge in [0.05, 0.1) is 0 Å². The molecule has 2 aromatic carbocycles. The summed E-state index contributed by atoms with van der Waals surface area (Å²) >= 11 is 6.09. The number of nitrogen functional groups attached to an aromatic ring is 1. The summed E-state index contributed by atoms with van der Waals surface area (Å²) in [5.74, 6) is -0.296. The van der Waals surface area contributed by atoms with E-state index in [0.717, 1.165) is 37.3 Å². The highest BCUT2D eigenvalue weighted by molar-refractivity contribution is 6.31. The van der Waals surface area contributed by atoms with Crippen molar-refractivity contribution in [3.05, 3.63) is 63.9 Å². The van der Waals surface area contributed by atoms with Crippen molar-refractivity contribution in [2.45, 2.75) is 19.5 Å². The zero-order valence-corrected chi connectivity index (χ0v) is 11.8. The van der Waals surface area contributed by atoms with E-state index in [2.05, 4.69) is 11.0 Å². The summed E-state index contributed by atoms with van der Waals surface area (Å²) in [7, 11) is 0. The second-order valence-corrected chi connectivity index (χ2v) is 5.59. The fraction of sp³-hybridized carbons (Fsp3) is 0.250. The zero-order valence-electron chi connectivity index (χ0n) is 11.1. The van der Waals surface area contributed by atoms with E-state index in [9.17, 15) is 4.39 Å². The van der Waals surface area contributed by atoms with Crippen LogP contribution in [-0.2, 0) is 19.5 Å². The van der Waals surface area contributed by atoms with Crippen LogP contribution >= 0.6 is 11.6 Å². The van der Waals surface area contributed by atoms with Crippen LogP contribution in [0.3, 0.4) is 0 Å². The molecule has 104 valence electrons. The lowest BCUT2D eigenvalue weighted by atomic mass is 9.97. The third-order valence-electron chi connectivity index (χ3n) is 3.79. The van der Waals surface area contributed by atoms with E-state index in [1.807, 2.05) is 12.1 Å². The Kier molecular flexibility index (Phi) is 3.64. The first kappa shape index (κ1) is 13.4. The monoisotopic (exact) mass is 290 g/mol. The van der Waals surface area contributed by atoms with Crippen LogP contribution in [0, 0.1) is 5.82 Å². The van der Waals surface area contributed by atoms with Gasteiger partial charge in [-0.05, 0) is 41.3 Å². The van der Waals surface area contributed by atoms with Gasteiger partial charge in [0, 0.05) is 30.3 Å². The fourth-order valence-electron chi connectivity index (χ4n) is 2.72. The molecule has 0 unspecified atom stereocenters. The Morgan fingerprint density at radius 2 is 2.10 bits per heavy atom. The first-order valence-electron chi connectivity index (χ1n) is 6.66. The van der Waals surface area contributed by atoms with Crippen molar-refractivity contribution in [2.75, 3.05) is 12.3 Å². The quantitative estimate of drug-likeness (QED) is 0.856. The third kappa shape index (κ3) is 2.65. The normalized spacial score (nSPS) is 15.1. The molecule has 4 heteroatoms. The van der Waals surface area contributed by atoms with Crippen LogP contribution in [0.25, 0.3) is 0 Å². The van der Waals surface area contributed by atoms with Crippen molar-refractivity contribution in [2.24, 2.45) is 0 Å². The summed E-state index contributed by atoms with van der Waals surface area (Å²) in [6.45, 7) is 2.52. The van der Waals surface area contributed by atoms with Gasteiger partial charge in [-0.1, -0.05) is 29.8 Å². The van der Waals surface area contributed by atoms with Crippen LogP contribution in [0.5, 0.6) is 0 Å². The molecule has 1 aliphatic rings. The van der Waals surface area contributed by atoms with Crippen molar-refractivity contribution in [3.63, 3.8) is 0 Å². The van der Waals surface area contributed by atoms with E-state index < -0.39 is 0 Å². The number of nitrogens with zero attached hydrogens (tertiary/aromatic N) is 1. The summed E-state index contributed by atoms with van der Waals surface area (Å²) in [5, 5.41) is 0.489. The van der Waals surface area contributed by atoms with Crippen LogP contribution in [0.4, 0.5) is 10.1 Å². The maximum atomic E-state index is 13.1. The molecule has 0 amide bonds. The third-order valence-corrected chi connectivity index (χ3v) is 4.14. The molecule has 0 atom stereocenters. The molecule has 2 N–H and O–H groups in total. The van der Waals surface area contributed by atoms with Crippen molar-refractivity contribution in [3.8, 4) is 0 Å². The Morgan fingerprint density at radius 1 is 1.25 bits per heavy atom. The standard InChI is InChI=1S/C16H16ClFN2/c17-15-8-13(18)5-4-12(15)10-20-7-6-14-11(9-20)2-1-3-16(14)19/h1-5,8H,6-7,9-10,19H2. The molecular weight excluding hydrogens is 275 g/mol. The maximum absolute atomic E-state index is 13.1. The van der Waals surface area contributed by atoms with Crippen molar-refractivity contribution in [1.29, 1.82) is 0 Å². The van der Waals surface area contributed by atoms with Crippen LogP contribution < -0.4 is 5.73 Å². The van der Waals surface area contributed by atoms with Crippen LogP contribution in [0.15, 0.2) is 36.4 Å². The highest BCUT2D eigenvalue weighted by Gasteiger charge is 2.18. The molecule has 2 aromatic rings. The summed E-state index contributed by atoms with van der Waals surface area (Å²) in [6, 6.07) is 10.6. The van der Waals surface area contributed by atoms with Gasteiger partial charge in [-0.3, -0.25) is 4.90 Å². The smallest absolute Gasteiger partial charge is 0.124 e. The number of nitrogens with two attached hydrogens (primary N) is 1.